The number of hydrogen-bond donors (Lipinski definition) is 0. The minimum Gasteiger partial charge on any atom is -0.372 e. The van der Waals surface area contributed by atoms with Gasteiger partial charge in [0.25, 0.3) is 5.56 Å². The summed E-state index contributed by atoms with van der Waals surface area (Å²) in [5.74, 6) is 1.17. The minimum atomic E-state index is 0.0602. The van der Waals surface area contributed by atoms with Crippen LogP contribution in [0.2, 0.25) is 0 Å². The fraction of sp³-hybridized carbons (Fsp3) is 0.391. The maximum Gasteiger partial charge on any atom is 0.263 e. The van der Waals surface area contributed by atoms with Gasteiger partial charge in [0.1, 0.15) is 4.83 Å². The average Bonchev–Trinajstić information content (AvgIpc) is 3.07. The Hall–Kier alpha value is -1.89. The Labute approximate surface area is 179 Å². The Morgan fingerprint density at radius 2 is 2.14 bits per heavy atom. The standard InChI is InChI=1S/C23H26N2O2S2/c1-14(2)13-28-23-24-21-20(17-10-18(15(3)4)27-12-19(17)29-21)22(26)25(23)11-16-8-6-5-7-9-16/h5-9,15,18H,1,10-13H2,2-4H3. The summed E-state index contributed by atoms with van der Waals surface area (Å²) in [6, 6.07) is 10.1. The van der Waals surface area contributed by atoms with Gasteiger partial charge in [-0.2, -0.15) is 0 Å². The summed E-state index contributed by atoms with van der Waals surface area (Å²) in [7, 11) is 0. The number of thioether (sulfide) groups is 1. The van der Waals surface area contributed by atoms with Crippen molar-refractivity contribution in [2.75, 3.05) is 5.75 Å². The monoisotopic (exact) mass is 426 g/mol. The number of benzene rings is 1. The quantitative estimate of drug-likeness (QED) is 0.306. The Bertz CT molecular complexity index is 1100. The molecular formula is C23H26N2O2S2. The molecule has 4 rings (SSSR count). The van der Waals surface area contributed by atoms with Crippen molar-refractivity contribution in [3.8, 4) is 0 Å². The van der Waals surface area contributed by atoms with Gasteiger partial charge in [0.2, 0.25) is 0 Å². The van der Waals surface area contributed by atoms with E-state index in [0.29, 0.717) is 19.1 Å². The lowest BCUT2D eigenvalue weighted by Gasteiger charge is -2.26. The molecule has 0 saturated heterocycles. The summed E-state index contributed by atoms with van der Waals surface area (Å²) in [6.07, 6.45) is 0.938. The molecular weight excluding hydrogens is 400 g/mol. The molecule has 0 aliphatic carbocycles. The third-order valence-electron chi connectivity index (χ3n) is 5.17. The highest BCUT2D eigenvalue weighted by molar-refractivity contribution is 7.99. The van der Waals surface area contributed by atoms with Gasteiger partial charge in [-0.25, -0.2) is 4.98 Å². The number of thiophene rings is 1. The van der Waals surface area contributed by atoms with Crippen LogP contribution in [-0.2, 0) is 24.3 Å². The van der Waals surface area contributed by atoms with E-state index in [4.69, 9.17) is 9.72 Å². The van der Waals surface area contributed by atoms with E-state index in [2.05, 4.69) is 32.6 Å². The van der Waals surface area contributed by atoms with Gasteiger partial charge in [0, 0.05) is 17.1 Å². The van der Waals surface area contributed by atoms with Gasteiger partial charge in [-0.3, -0.25) is 9.36 Å². The summed E-state index contributed by atoms with van der Waals surface area (Å²) in [6.45, 7) is 11.4. The smallest absolute Gasteiger partial charge is 0.263 e. The molecule has 152 valence electrons. The maximum atomic E-state index is 13.7. The van der Waals surface area contributed by atoms with Crippen LogP contribution in [0.15, 0.2) is 52.4 Å². The predicted octanol–water partition coefficient (Wildman–Crippen LogP) is 5.27. The van der Waals surface area contributed by atoms with Crippen molar-refractivity contribution in [3.05, 3.63) is 68.8 Å². The predicted molar refractivity (Wildman–Crippen MR) is 122 cm³/mol. The molecule has 4 nitrogen and oxygen atoms in total. The molecule has 3 heterocycles. The zero-order chi connectivity index (χ0) is 20.5. The summed E-state index contributed by atoms with van der Waals surface area (Å²) in [4.78, 5) is 20.6. The van der Waals surface area contributed by atoms with Crippen molar-refractivity contribution in [1.82, 2.24) is 9.55 Å². The molecule has 1 aromatic carbocycles. The third-order valence-corrected chi connectivity index (χ3v) is 7.47. The molecule has 1 aliphatic rings. The first-order valence-corrected chi connectivity index (χ1v) is 11.7. The number of hydrogen-bond acceptors (Lipinski definition) is 5. The fourth-order valence-electron chi connectivity index (χ4n) is 3.57. The van der Waals surface area contributed by atoms with Crippen LogP contribution in [-0.4, -0.2) is 21.4 Å². The van der Waals surface area contributed by atoms with Crippen molar-refractivity contribution in [2.45, 2.75) is 51.6 Å². The molecule has 2 aromatic heterocycles. The Morgan fingerprint density at radius 1 is 1.38 bits per heavy atom. The first-order valence-electron chi connectivity index (χ1n) is 9.91. The minimum absolute atomic E-state index is 0.0602. The number of aromatic nitrogens is 2. The second-order valence-electron chi connectivity index (χ2n) is 8.00. The Morgan fingerprint density at radius 3 is 2.83 bits per heavy atom. The van der Waals surface area contributed by atoms with Crippen molar-refractivity contribution >= 4 is 33.3 Å². The lowest BCUT2D eigenvalue weighted by molar-refractivity contribution is 0.00200. The Kier molecular flexibility index (Phi) is 5.95. The van der Waals surface area contributed by atoms with Gasteiger partial charge < -0.3 is 4.74 Å². The molecule has 1 unspecified atom stereocenters. The van der Waals surface area contributed by atoms with E-state index in [1.54, 1.807) is 23.1 Å². The highest BCUT2D eigenvalue weighted by atomic mass is 32.2. The molecule has 0 spiro atoms. The van der Waals surface area contributed by atoms with Crippen LogP contribution < -0.4 is 5.56 Å². The van der Waals surface area contributed by atoms with E-state index < -0.39 is 0 Å². The first-order chi connectivity index (χ1) is 13.9. The van der Waals surface area contributed by atoms with Crippen LogP contribution in [0.3, 0.4) is 0 Å². The van der Waals surface area contributed by atoms with Crippen LogP contribution in [0, 0.1) is 5.92 Å². The van der Waals surface area contributed by atoms with Gasteiger partial charge in [0.05, 0.1) is 24.6 Å². The van der Waals surface area contributed by atoms with E-state index in [0.717, 1.165) is 49.1 Å². The summed E-state index contributed by atoms with van der Waals surface area (Å²) < 4.78 is 7.86. The second-order valence-corrected chi connectivity index (χ2v) is 10.0. The molecule has 0 radical (unpaired) electrons. The summed E-state index contributed by atoms with van der Waals surface area (Å²) >= 11 is 3.19. The summed E-state index contributed by atoms with van der Waals surface area (Å²) in [5, 5.41) is 1.55. The second kappa shape index (κ2) is 8.46. The van der Waals surface area contributed by atoms with Crippen LogP contribution in [0.25, 0.3) is 10.2 Å². The zero-order valence-electron chi connectivity index (χ0n) is 17.1. The first kappa shape index (κ1) is 20.4. The zero-order valence-corrected chi connectivity index (χ0v) is 18.7. The number of rotatable bonds is 6. The van der Waals surface area contributed by atoms with Crippen LogP contribution in [0.4, 0.5) is 0 Å². The van der Waals surface area contributed by atoms with Gasteiger partial charge in [-0.1, -0.05) is 68.1 Å². The van der Waals surface area contributed by atoms with E-state index in [1.807, 2.05) is 29.7 Å². The van der Waals surface area contributed by atoms with Gasteiger partial charge in [-0.05, 0) is 24.0 Å². The lowest BCUT2D eigenvalue weighted by Crippen LogP contribution is -2.28. The molecule has 0 N–H and O–H groups in total. The normalized spacial score (nSPS) is 16.3. The highest BCUT2D eigenvalue weighted by Gasteiger charge is 2.28. The molecule has 3 aromatic rings. The van der Waals surface area contributed by atoms with Crippen LogP contribution in [0.5, 0.6) is 0 Å². The van der Waals surface area contributed by atoms with Crippen molar-refractivity contribution in [1.29, 1.82) is 0 Å². The number of nitrogens with zero attached hydrogens (tertiary/aromatic N) is 2. The van der Waals surface area contributed by atoms with Gasteiger partial charge in [-0.15, -0.1) is 11.3 Å². The summed E-state index contributed by atoms with van der Waals surface area (Å²) in [5.41, 5.74) is 3.37. The third kappa shape index (κ3) is 4.20. The maximum absolute atomic E-state index is 13.7. The molecule has 1 aliphatic heterocycles. The molecule has 0 bridgehead atoms. The number of ether oxygens (including phenoxy) is 1. The number of fused-ring (bicyclic) bond motifs is 3. The van der Waals surface area contributed by atoms with Crippen molar-refractivity contribution in [3.63, 3.8) is 0 Å². The van der Waals surface area contributed by atoms with E-state index in [9.17, 15) is 4.79 Å². The van der Waals surface area contributed by atoms with Crippen LogP contribution >= 0.6 is 23.1 Å². The molecule has 1 atom stereocenters. The molecule has 6 heteroatoms. The van der Waals surface area contributed by atoms with Gasteiger partial charge >= 0.3 is 0 Å². The SMILES string of the molecule is C=C(C)CSc1nc2sc3c(c2c(=O)n1Cc1ccccc1)CC(C(C)C)OC3. The largest absolute Gasteiger partial charge is 0.372 e. The van der Waals surface area contributed by atoms with Crippen molar-refractivity contribution < 1.29 is 4.74 Å². The van der Waals surface area contributed by atoms with E-state index in [1.165, 1.54) is 0 Å². The van der Waals surface area contributed by atoms with E-state index >= 15 is 0 Å². The van der Waals surface area contributed by atoms with Gasteiger partial charge in [0.15, 0.2) is 5.16 Å². The molecule has 29 heavy (non-hydrogen) atoms. The average molecular weight is 427 g/mol. The Balaban J connectivity index is 1.84. The lowest BCUT2D eigenvalue weighted by atomic mass is 9.96. The fourth-order valence-corrected chi connectivity index (χ4v) is 5.58. The topological polar surface area (TPSA) is 44.1 Å². The highest BCUT2D eigenvalue weighted by Crippen LogP contribution is 2.36. The van der Waals surface area contributed by atoms with Crippen molar-refractivity contribution in [2.24, 2.45) is 5.92 Å². The molecule has 0 fully saturated rings. The molecule has 0 saturated carbocycles. The van der Waals surface area contributed by atoms with Crippen LogP contribution in [0.1, 0.15) is 36.8 Å². The molecule has 0 amide bonds. The van der Waals surface area contributed by atoms with E-state index in [-0.39, 0.29) is 11.7 Å².